The number of halogens is 1. The minimum absolute atomic E-state index is 0.330. The molecule has 0 radical (unpaired) electrons. The fraction of sp³-hybridized carbons (Fsp3) is 0.500. The molecule has 100 valence electrons. The van der Waals surface area contributed by atoms with Crippen molar-refractivity contribution in [2.45, 2.75) is 39.7 Å². The summed E-state index contributed by atoms with van der Waals surface area (Å²) in [6.45, 7) is 5.87. The van der Waals surface area contributed by atoms with E-state index in [1.807, 2.05) is 6.92 Å². The molecule has 0 spiro atoms. The second-order valence-corrected chi connectivity index (χ2v) is 4.17. The van der Waals surface area contributed by atoms with Crippen LogP contribution in [0.4, 0.5) is 10.1 Å². The summed E-state index contributed by atoms with van der Waals surface area (Å²) in [5.41, 5.74) is 1.16. The van der Waals surface area contributed by atoms with Gasteiger partial charge in [0.25, 0.3) is 0 Å². The maximum absolute atomic E-state index is 13.7. The molecule has 0 amide bonds. The van der Waals surface area contributed by atoms with Crippen LogP contribution in [0.2, 0.25) is 0 Å². The van der Waals surface area contributed by atoms with Gasteiger partial charge in [-0.2, -0.15) is 0 Å². The van der Waals surface area contributed by atoms with Gasteiger partial charge in [0.2, 0.25) is 0 Å². The Bertz CT molecular complexity index is 387. The van der Waals surface area contributed by atoms with Gasteiger partial charge in [-0.25, -0.2) is 9.18 Å². The van der Waals surface area contributed by atoms with Crippen LogP contribution in [0, 0.1) is 12.7 Å². The van der Waals surface area contributed by atoms with Crippen molar-refractivity contribution in [2.24, 2.45) is 0 Å². The van der Waals surface area contributed by atoms with Crippen molar-refractivity contribution in [3.8, 4) is 0 Å². The van der Waals surface area contributed by atoms with Gasteiger partial charge < -0.3 is 10.1 Å². The summed E-state index contributed by atoms with van der Waals surface area (Å²) in [6, 6.07) is 4.34. The highest BCUT2D eigenvalue weighted by atomic mass is 19.1. The van der Waals surface area contributed by atoms with Gasteiger partial charge in [-0.15, -0.1) is 0 Å². The molecule has 0 heterocycles. The lowest BCUT2D eigenvalue weighted by molar-refractivity contribution is -0.144. The highest BCUT2D eigenvalue weighted by molar-refractivity contribution is 5.79. The fourth-order valence-corrected chi connectivity index (χ4v) is 1.77. The first kappa shape index (κ1) is 14.5. The Labute approximate surface area is 107 Å². The molecule has 0 fully saturated rings. The quantitative estimate of drug-likeness (QED) is 0.791. The van der Waals surface area contributed by atoms with Crippen molar-refractivity contribution in [3.05, 3.63) is 29.6 Å². The zero-order chi connectivity index (χ0) is 13.5. The van der Waals surface area contributed by atoms with Gasteiger partial charge in [0.15, 0.2) is 0 Å². The molecule has 0 saturated carbocycles. The SMILES string of the molecule is CCCC(Nc1c(C)cccc1F)C(=O)OCC. The van der Waals surface area contributed by atoms with Gasteiger partial charge in [0.1, 0.15) is 11.9 Å². The molecule has 0 aromatic heterocycles. The van der Waals surface area contributed by atoms with Crippen LogP contribution in [-0.4, -0.2) is 18.6 Å². The summed E-state index contributed by atoms with van der Waals surface area (Å²) < 4.78 is 18.7. The molecule has 0 saturated heterocycles. The summed E-state index contributed by atoms with van der Waals surface area (Å²) >= 11 is 0. The Morgan fingerprint density at radius 2 is 2.17 bits per heavy atom. The topological polar surface area (TPSA) is 38.3 Å². The van der Waals surface area contributed by atoms with Gasteiger partial charge in [0, 0.05) is 0 Å². The molecule has 1 aromatic rings. The van der Waals surface area contributed by atoms with Crippen molar-refractivity contribution >= 4 is 11.7 Å². The molecule has 0 aliphatic rings. The normalized spacial score (nSPS) is 12.0. The second-order valence-electron chi connectivity index (χ2n) is 4.17. The van der Waals surface area contributed by atoms with Gasteiger partial charge in [0.05, 0.1) is 12.3 Å². The lowest BCUT2D eigenvalue weighted by Gasteiger charge is -2.19. The van der Waals surface area contributed by atoms with Crippen molar-refractivity contribution in [1.82, 2.24) is 0 Å². The highest BCUT2D eigenvalue weighted by Gasteiger charge is 2.20. The first-order chi connectivity index (χ1) is 8.60. The Kier molecular flexibility index (Phi) is 5.62. The number of carbonyl (C=O) groups excluding carboxylic acids is 1. The zero-order valence-electron chi connectivity index (χ0n) is 11.1. The Hall–Kier alpha value is -1.58. The third-order valence-electron chi connectivity index (χ3n) is 2.69. The number of hydrogen-bond donors (Lipinski definition) is 1. The molecule has 0 aliphatic carbocycles. The molecule has 4 heteroatoms. The van der Waals surface area contributed by atoms with Crippen LogP contribution in [-0.2, 0) is 9.53 Å². The van der Waals surface area contributed by atoms with E-state index in [-0.39, 0.29) is 11.8 Å². The Morgan fingerprint density at radius 1 is 1.44 bits per heavy atom. The summed E-state index contributed by atoms with van der Waals surface area (Å²) in [4.78, 5) is 11.8. The minimum atomic E-state index is -0.495. The van der Waals surface area contributed by atoms with E-state index >= 15 is 0 Å². The van der Waals surface area contributed by atoms with E-state index in [9.17, 15) is 9.18 Å². The van der Waals surface area contributed by atoms with E-state index in [4.69, 9.17) is 4.74 Å². The number of benzene rings is 1. The molecule has 1 rings (SSSR count). The van der Waals surface area contributed by atoms with Crippen molar-refractivity contribution in [3.63, 3.8) is 0 Å². The molecule has 1 unspecified atom stereocenters. The molecule has 1 N–H and O–H groups in total. The standard InChI is InChI=1S/C14H20FNO2/c1-4-7-12(14(17)18-5-2)16-13-10(3)8-6-9-11(13)15/h6,8-9,12,16H,4-5,7H2,1-3H3. The molecular formula is C14H20FNO2. The highest BCUT2D eigenvalue weighted by Crippen LogP contribution is 2.21. The number of rotatable bonds is 6. The van der Waals surface area contributed by atoms with Crippen molar-refractivity contribution in [2.75, 3.05) is 11.9 Å². The summed E-state index contributed by atoms with van der Waals surface area (Å²) in [5.74, 6) is -0.678. The maximum atomic E-state index is 13.7. The smallest absolute Gasteiger partial charge is 0.328 e. The van der Waals surface area contributed by atoms with Gasteiger partial charge >= 0.3 is 5.97 Å². The molecule has 3 nitrogen and oxygen atoms in total. The number of aryl methyl sites for hydroxylation is 1. The number of hydrogen-bond acceptors (Lipinski definition) is 3. The average Bonchev–Trinajstić information content (AvgIpc) is 2.33. The molecule has 0 bridgehead atoms. The Balaban J connectivity index is 2.86. The second kappa shape index (κ2) is 6.99. The number of carbonyl (C=O) groups is 1. The van der Waals surface area contributed by atoms with E-state index in [0.717, 1.165) is 12.0 Å². The van der Waals surface area contributed by atoms with Crippen LogP contribution in [0.15, 0.2) is 18.2 Å². The summed E-state index contributed by atoms with van der Waals surface area (Å²) in [6.07, 6.45) is 1.44. The predicted molar refractivity (Wildman–Crippen MR) is 70.1 cm³/mol. The maximum Gasteiger partial charge on any atom is 0.328 e. The number of nitrogens with one attached hydrogen (secondary N) is 1. The first-order valence-corrected chi connectivity index (χ1v) is 6.28. The number of esters is 1. The van der Waals surface area contributed by atoms with E-state index in [1.165, 1.54) is 6.07 Å². The van der Waals surface area contributed by atoms with Crippen LogP contribution in [0.25, 0.3) is 0 Å². The van der Waals surface area contributed by atoms with Crippen LogP contribution in [0.5, 0.6) is 0 Å². The number of anilines is 1. The largest absolute Gasteiger partial charge is 0.464 e. The summed E-state index contributed by atoms with van der Waals surface area (Å²) in [7, 11) is 0. The van der Waals surface area contributed by atoms with Crippen molar-refractivity contribution < 1.29 is 13.9 Å². The lowest BCUT2D eigenvalue weighted by Crippen LogP contribution is -2.32. The van der Waals surface area contributed by atoms with Crippen LogP contribution in [0.3, 0.4) is 0 Å². The molecule has 1 aromatic carbocycles. The first-order valence-electron chi connectivity index (χ1n) is 6.28. The van der Waals surface area contributed by atoms with E-state index < -0.39 is 6.04 Å². The molecule has 0 aliphatic heterocycles. The minimum Gasteiger partial charge on any atom is -0.464 e. The van der Waals surface area contributed by atoms with Crippen molar-refractivity contribution in [1.29, 1.82) is 0 Å². The zero-order valence-corrected chi connectivity index (χ0v) is 11.1. The third-order valence-corrected chi connectivity index (χ3v) is 2.69. The van der Waals surface area contributed by atoms with E-state index in [2.05, 4.69) is 5.32 Å². The molecule has 1 atom stereocenters. The third kappa shape index (κ3) is 3.72. The Morgan fingerprint density at radius 3 is 2.72 bits per heavy atom. The molecule has 18 heavy (non-hydrogen) atoms. The molecular weight excluding hydrogens is 233 g/mol. The van der Waals surface area contributed by atoms with Gasteiger partial charge in [-0.05, 0) is 31.9 Å². The average molecular weight is 253 g/mol. The van der Waals surface area contributed by atoms with E-state index in [0.29, 0.717) is 18.7 Å². The lowest BCUT2D eigenvalue weighted by atomic mass is 10.1. The summed E-state index contributed by atoms with van der Waals surface area (Å²) in [5, 5.41) is 2.95. The van der Waals surface area contributed by atoms with Gasteiger partial charge in [-0.1, -0.05) is 25.5 Å². The number of ether oxygens (including phenoxy) is 1. The fourth-order valence-electron chi connectivity index (χ4n) is 1.77. The van der Waals surface area contributed by atoms with Crippen LogP contribution < -0.4 is 5.32 Å². The van der Waals surface area contributed by atoms with E-state index in [1.54, 1.807) is 26.0 Å². The monoisotopic (exact) mass is 253 g/mol. The van der Waals surface area contributed by atoms with Crippen LogP contribution in [0.1, 0.15) is 32.3 Å². The number of para-hydroxylation sites is 1. The predicted octanol–water partition coefficient (Wildman–Crippen LogP) is 3.28. The van der Waals surface area contributed by atoms with Crippen LogP contribution >= 0.6 is 0 Å². The van der Waals surface area contributed by atoms with Gasteiger partial charge in [-0.3, -0.25) is 0 Å².